The van der Waals surface area contributed by atoms with E-state index in [9.17, 15) is 14.7 Å². The molecule has 23 heavy (non-hydrogen) atoms. The van der Waals surface area contributed by atoms with Gasteiger partial charge in [0.05, 0.1) is 27.0 Å². The highest BCUT2D eigenvalue weighted by Gasteiger charge is 2.64. The van der Waals surface area contributed by atoms with E-state index in [1.165, 1.54) is 26.4 Å². The van der Waals surface area contributed by atoms with Gasteiger partial charge in [0.25, 0.3) is 0 Å². The predicted octanol–water partition coefficient (Wildman–Crippen LogP) is 0.595. The molecule has 3 atom stereocenters. The summed E-state index contributed by atoms with van der Waals surface area (Å²) < 4.78 is 9.56. The first-order valence-corrected chi connectivity index (χ1v) is 7.09. The number of amides is 1. The van der Waals surface area contributed by atoms with Gasteiger partial charge in [0.15, 0.2) is 6.17 Å². The molecular weight excluding hydrogens is 304 g/mol. The van der Waals surface area contributed by atoms with E-state index >= 15 is 0 Å². The Labute approximate surface area is 133 Å². The van der Waals surface area contributed by atoms with Gasteiger partial charge in [0.1, 0.15) is 11.6 Å². The van der Waals surface area contributed by atoms with Crippen molar-refractivity contribution in [3.05, 3.63) is 29.8 Å². The van der Waals surface area contributed by atoms with Crippen LogP contribution in [0.15, 0.2) is 24.3 Å². The number of rotatable bonds is 2. The molecule has 0 aliphatic carbocycles. The molecular formula is C15H18N2O6. The second kappa shape index (κ2) is 5.39. The molecule has 0 unspecified atom stereocenters. The molecule has 1 amide bonds. The van der Waals surface area contributed by atoms with Crippen LogP contribution in [0.3, 0.4) is 0 Å². The van der Waals surface area contributed by atoms with Crippen molar-refractivity contribution in [1.82, 2.24) is 4.90 Å². The summed E-state index contributed by atoms with van der Waals surface area (Å²) in [7, 11) is 3.88. The molecule has 1 saturated heterocycles. The number of esters is 1. The number of carbonyl (C=O) groups is 2. The molecule has 8 nitrogen and oxygen atoms in total. The van der Waals surface area contributed by atoms with Gasteiger partial charge in [-0.1, -0.05) is 18.2 Å². The monoisotopic (exact) mass is 322 g/mol. The van der Waals surface area contributed by atoms with Crippen molar-refractivity contribution < 1.29 is 29.0 Å². The summed E-state index contributed by atoms with van der Waals surface area (Å²) in [4.78, 5) is 30.9. The van der Waals surface area contributed by atoms with E-state index in [1.807, 2.05) is 0 Å². The largest absolute Gasteiger partial charge is 0.467 e. The Kier molecular flexibility index (Phi) is 3.65. The Bertz CT molecular complexity index is 651. The molecule has 1 fully saturated rings. The maximum absolute atomic E-state index is 12.2. The molecule has 0 aromatic heterocycles. The molecule has 124 valence electrons. The first-order chi connectivity index (χ1) is 11.0. The van der Waals surface area contributed by atoms with Gasteiger partial charge < -0.3 is 14.6 Å². The number of hydroxylamine groups is 1. The van der Waals surface area contributed by atoms with Crippen LogP contribution in [0, 0.1) is 0 Å². The van der Waals surface area contributed by atoms with Gasteiger partial charge in [-0.25, -0.2) is 14.7 Å². The maximum atomic E-state index is 12.2. The lowest BCUT2D eigenvalue weighted by Crippen LogP contribution is -2.54. The number of nitrogens with zero attached hydrogens (tertiary/aromatic N) is 2. The van der Waals surface area contributed by atoms with Gasteiger partial charge in [0.2, 0.25) is 0 Å². The zero-order chi connectivity index (χ0) is 16.8. The van der Waals surface area contributed by atoms with Crippen LogP contribution < -0.4 is 5.06 Å². The lowest BCUT2D eigenvalue weighted by Gasteiger charge is -2.34. The van der Waals surface area contributed by atoms with Crippen LogP contribution in [-0.4, -0.2) is 55.6 Å². The van der Waals surface area contributed by atoms with Gasteiger partial charge in [-0.15, -0.1) is 0 Å². The fourth-order valence-corrected chi connectivity index (χ4v) is 3.48. The number of benzene rings is 1. The second-order valence-corrected chi connectivity index (χ2v) is 5.44. The Hall–Kier alpha value is -2.32. The molecule has 0 saturated carbocycles. The van der Waals surface area contributed by atoms with Crippen LogP contribution in [0.25, 0.3) is 0 Å². The fourth-order valence-electron chi connectivity index (χ4n) is 3.48. The standard InChI is InChI=1S/C15H18N2O6/c1-21-12(18)11-8-15(20)9-6-4-5-7-10(9)17(23-3)13(15)16(11)14(19)22-2/h4-7,11,13,20H,8H2,1-3H3/t11-,13+,15+/m0/s1. The summed E-state index contributed by atoms with van der Waals surface area (Å²) in [5.41, 5.74) is -0.230. The first-order valence-electron chi connectivity index (χ1n) is 7.09. The molecule has 1 N–H and O–H groups in total. The van der Waals surface area contributed by atoms with Crippen LogP contribution >= 0.6 is 0 Å². The van der Waals surface area contributed by atoms with E-state index < -0.39 is 29.9 Å². The summed E-state index contributed by atoms with van der Waals surface area (Å²) in [6.07, 6.45) is -1.66. The van der Waals surface area contributed by atoms with Crippen molar-refractivity contribution in [2.45, 2.75) is 24.2 Å². The van der Waals surface area contributed by atoms with Crippen molar-refractivity contribution in [3.8, 4) is 0 Å². The molecule has 1 aromatic carbocycles. The quantitative estimate of drug-likeness (QED) is 0.797. The number of hydrogen-bond donors (Lipinski definition) is 1. The summed E-state index contributed by atoms with van der Waals surface area (Å²) in [5, 5.41) is 12.6. The van der Waals surface area contributed by atoms with Crippen LogP contribution in [0.2, 0.25) is 0 Å². The van der Waals surface area contributed by atoms with E-state index in [2.05, 4.69) is 0 Å². The van der Waals surface area contributed by atoms with Crippen molar-refractivity contribution in [3.63, 3.8) is 0 Å². The van der Waals surface area contributed by atoms with E-state index in [1.54, 1.807) is 24.3 Å². The number of para-hydroxylation sites is 1. The lowest BCUT2D eigenvalue weighted by atomic mass is 9.91. The Balaban J connectivity index is 2.14. The highest BCUT2D eigenvalue weighted by atomic mass is 16.7. The Morgan fingerprint density at radius 2 is 1.91 bits per heavy atom. The van der Waals surface area contributed by atoms with Crippen LogP contribution in [0.5, 0.6) is 0 Å². The number of anilines is 1. The number of ether oxygens (including phenoxy) is 2. The van der Waals surface area contributed by atoms with Crippen molar-refractivity contribution in [2.75, 3.05) is 26.4 Å². The molecule has 2 aliphatic rings. The van der Waals surface area contributed by atoms with E-state index in [0.29, 0.717) is 11.3 Å². The average molecular weight is 322 g/mol. The number of fused-ring (bicyclic) bond motifs is 3. The maximum Gasteiger partial charge on any atom is 0.412 e. The third-order valence-electron chi connectivity index (χ3n) is 4.42. The number of carbonyl (C=O) groups excluding carboxylic acids is 2. The minimum absolute atomic E-state index is 0.00366. The molecule has 3 rings (SSSR count). The first kappa shape index (κ1) is 15.6. The van der Waals surface area contributed by atoms with Crippen molar-refractivity contribution >= 4 is 17.7 Å². The number of likely N-dealkylation sites (tertiary alicyclic amines) is 1. The number of methoxy groups -OCH3 is 2. The smallest absolute Gasteiger partial charge is 0.412 e. The SMILES string of the molecule is COC(=O)[C@@H]1C[C@@]2(O)c3ccccc3N(OC)[C@H]2N1C(=O)OC. The predicted molar refractivity (Wildman–Crippen MR) is 78.3 cm³/mol. The molecule has 0 radical (unpaired) electrons. The third-order valence-corrected chi connectivity index (χ3v) is 4.42. The Morgan fingerprint density at radius 3 is 2.52 bits per heavy atom. The zero-order valence-corrected chi connectivity index (χ0v) is 13.1. The minimum Gasteiger partial charge on any atom is -0.467 e. The van der Waals surface area contributed by atoms with Crippen LogP contribution in [-0.2, 0) is 24.7 Å². The number of hydrogen-bond acceptors (Lipinski definition) is 7. The summed E-state index contributed by atoms with van der Waals surface area (Å²) in [6.45, 7) is 0. The minimum atomic E-state index is -1.46. The van der Waals surface area contributed by atoms with E-state index in [0.717, 1.165) is 4.90 Å². The molecule has 0 spiro atoms. The zero-order valence-electron chi connectivity index (χ0n) is 13.1. The van der Waals surface area contributed by atoms with Gasteiger partial charge in [-0.3, -0.25) is 9.74 Å². The third kappa shape index (κ3) is 1.98. The molecule has 0 bridgehead atoms. The highest BCUT2D eigenvalue weighted by molar-refractivity contribution is 5.84. The number of aliphatic hydroxyl groups is 1. The Morgan fingerprint density at radius 1 is 1.22 bits per heavy atom. The summed E-state index contributed by atoms with van der Waals surface area (Å²) >= 11 is 0. The lowest BCUT2D eigenvalue weighted by molar-refractivity contribution is -0.146. The summed E-state index contributed by atoms with van der Waals surface area (Å²) in [6, 6.07) is 6.14. The second-order valence-electron chi connectivity index (χ2n) is 5.44. The topological polar surface area (TPSA) is 88.5 Å². The molecule has 1 aromatic rings. The fraction of sp³-hybridized carbons (Fsp3) is 0.467. The van der Waals surface area contributed by atoms with Gasteiger partial charge >= 0.3 is 12.1 Å². The summed E-state index contributed by atoms with van der Waals surface area (Å²) in [5.74, 6) is -0.619. The van der Waals surface area contributed by atoms with Crippen molar-refractivity contribution in [2.24, 2.45) is 0 Å². The average Bonchev–Trinajstić information content (AvgIpc) is 3.01. The van der Waals surface area contributed by atoms with E-state index in [-0.39, 0.29) is 6.42 Å². The van der Waals surface area contributed by atoms with Crippen LogP contribution in [0.1, 0.15) is 12.0 Å². The van der Waals surface area contributed by atoms with Gasteiger partial charge in [-0.2, -0.15) is 0 Å². The molecule has 2 aliphatic heterocycles. The molecule has 2 heterocycles. The van der Waals surface area contributed by atoms with E-state index in [4.69, 9.17) is 14.3 Å². The highest BCUT2D eigenvalue weighted by Crippen LogP contribution is 2.52. The van der Waals surface area contributed by atoms with Crippen LogP contribution in [0.4, 0.5) is 10.5 Å². The normalized spacial score (nSPS) is 28.3. The van der Waals surface area contributed by atoms with Gasteiger partial charge in [-0.05, 0) is 6.07 Å². The van der Waals surface area contributed by atoms with Crippen molar-refractivity contribution in [1.29, 1.82) is 0 Å². The molecule has 8 heteroatoms. The van der Waals surface area contributed by atoms with Gasteiger partial charge in [0, 0.05) is 12.0 Å².